The van der Waals surface area contributed by atoms with Gasteiger partial charge < -0.3 is 15.4 Å². The first-order chi connectivity index (χ1) is 9.58. The first kappa shape index (κ1) is 15.3. The molecular formula is C17H28N2O. The summed E-state index contributed by atoms with van der Waals surface area (Å²) in [6.07, 6.45) is 2.39. The molecule has 1 aromatic carbocycles. The van der Waals surface area contributed by atoms with Gasteiger partial charge in [-0.05, 0) is 42.9 Å². The molecule has 3 heteroatoms. The molecule has 0 spiro atoms. The van der Waals surface area contributed by atoms with E-state index in [1.807, 2.05) is 6.92 Å². The van der Waals surface area contributed by atoms with Crippen LogP contribution in [-0.4, -0.2) is 26.3 Å². The van der Waals surface area contributed by atoms with E-state index in [0.29, 0.717) is 5.92 Å². The highest BCUT2D eigenvalue weighted by Gasteiger charge is 2.17. The third-order valence-electron chi connectivity index (χ3n) is 3.80. The SMILES string of the molecule is CC(C)COCCN1CCCc2cc(C(C)N)ccc21. The van der Waals surface area contributed by atoms with Crippen molar-refractivity contribution in [3.63, 3.8) is 0 Å². The minimum absolute atomic E-state index is 0.116. The first-order valence-corrected chi connectivity index (χ1v) is 7.79. The van der Waals surface area contributed by atoms with Gasteiger partial charge in [0.1, 0.15) is 0 Å². The second kappa shape index (κ2) is 7.09. The predicted octanol–water partition coefficient (Wildman–Crippen LogP) is 3.13. The number of benzene rings is 1. The lowest BCUT2D eigenvalue weighted by Crippen LogP contribution is -2.32. The number of rotatable bonds is 6. The number of anilines is 1. The van der Waals surface area contributed by atoms with Gasteiger partial charge in [0.05, 0.1) is 6.61 Å². The van der Waals surface area contributed by atoms with Crippen LogP contribution in [0.2, 0.25) is 0 Å². The van der Waals surface area contributed by atoms with Crippen LogP contribution in [0.15, 0.2) is 18.2 Å². The fourth-order valence-corrected chi connectivity index (χ4v) is 2.70. The molecule has 0 bridgehead atoms. The quantitative estimate of drug-likeness (QED) is 0.811. The van der Waals surface area contributed by atoms with Crippen LogP contribution < -0.4 is 10.6 Å². The zero-order valence-corrected chi connectivity index (χ0v) is 13.1. The summed E-state index contributed by atoms with van der Waals surface area (Å²) in [4.78, 5) is 2.45. The van der Waals surface area contributed by atoms with Crippen molar-refractivity contribution in [1.29, 1.82) is 0 Å². The van der Waals surface area contributed by atoms with Crippen molar-refractivity contribution in [1.82, 2.24) is 0 Å². The molecule has 0 aromatic heterocycles. The highest BCUT2D eigenvalue weighted by Crippen LogP contribution is 2.29. The van der Waals surface area contributed by atoms with Crippen LogP contribution in [0.3, 0.4) is 0 Å². The molecule has 1 atom stereocenters. The molecule has 2 rings (SSSR count). The molecule has 0 saturated carbocycles. The van der Waals surface area contributed by atoms with Crippen molar-refractivity contribution in [2.75, 3.05) is 31.2 Å². The number of ether oxygens (including phenoxy) is 1. The molecule has 0 fully saturated rings. The monoisotopic (exact) mass is 276 g/mol. The summed E-state index contributed by atoms with van der Waals surface area (Å²) in [6.45, 7) is 10.2. The Hall–Kier alpha value is -1.06. The van der Waals surface area contributed by atoms with Crippen LogP contribution in [-0.2, 0) is 11.2 Å². The highest BCUT2D eigenvalue weighted by molar-refractivity contribution is 5.57. The molecule has 0 radical (unpaired) electrons. The Morgan fingerprint density at radius 3 is 2.80 bits per heavy atom. The second-order valence-electron chi connectivity index (χ2n) is 6.24. The molecule has 1 unspecified atom stereocenters. The van der Waals surface area contributed by atoms with E-state index in [4.69, 9.17) is 10.5 Å². The zero-order valence-electron chi connectivity index (χ0n) is 13.1. The molecule has 1 heterocycles. The lowest BCUT2D eigenvalue weighted by Gasteiger charge is -2.32. The Balaban J connectivity index is 1.97. The topological polar surface area (TPSA) is 38.5 Å². The summed E-state index contributed by atoms with van der Waals surface area (Å²) in [5.41, 5.74) is 10.0. The van der Waals surface area contributed by atoms with Crippen LogP contribution in [0, 0.1) is 5.92 Å². The van der Waals surface area contributed by atoms with Crippen molar-refractivity contribution in [2.45, 2.75) is 39.7 Å². The second-order valence-corrected chi connectivity index (χ2v) is 6.24. The minimum atomic E-state index is 0.116. The molecule has 1 aliphatic rings. The van der Waals surface area contributed by atoms with Gasteiger partial charge in [0.15, 0.2) is 0 Å². The standard InChI is InChI=1S/C17H28N2O/c1-13(2)12-20-10-9-19-8-4-5-16-11-15(14(3)18)6-7-17(16)19/h6-7,11,13-14H,4-5,8-10,12,18H2,1-3H3. The van der Waals surface area contributed by atoms with Crippen LogP contribution in [0.25, 0.3) is 0 Å². The fourth-order valence-electron chi connectivity index (χ4n) is 2.70. The van der Waals surface area contributed by atoms with Crippen LogP contribution in [0.1, 0.15) is 44.4 Å². The van der Waals surface area contributed by atoms with Crippen LogP contribution in [0.4, 0.5) is 5.69 Å². The van der Waals surface area contributed by atoms with Gasteiger partial charge in [-0.3, -0.25) is 0 Å². The maximum absolute atomic E-state index is 5.97. The summed E-state index contributed by atoms with van der Waals surface area (Å²) in [5.74, 6) is 0.609. The molecular weight excluding hydrogens is 248 g/mol. The fraction of sp³-hybridized carbons (Fsp3) is 0.647. The third-order valence-corrected chi connectivity index (χ3v) is 3.80. The first-order valence-electron chi connectivity index (χ1n) is 7.79. The van der Waals surface area contributed by atoms with E-state index in [1.54, 1.807) is 0 Å². The summed E-state index contributed by atoms with van der Waals surface area (Å²) < 4.78 is 5.71. The van der Waals surface area contributed by atoms with Gasteiger partial charge in [-0.2, -0.15) is 0 Å². The van der Waals surface area contributed by atoms with E-state index >= 15 is 0 Å². The Morgan fingerprint density at radius 1 is 1.30 bits per heavy atom. The van der Waals surface area contributed by atoms with Crippen molar-refractivity contribution < 1.29 is 4.74 Å². The van der Waals surface area contributed by atoms with Gasteiger partial charge in [-0.15, -0.1) is 0 Å². The predicted molar refractivity (Wildman–Crippen MR) is 85.2 cm³/mol. The smallest absolute Gasteiger partial charge is 0.0641 e. The lowest BCUT2D eigenvalue weighted by atomic mass is 9.97. The number of nitrogens with zero attached hydrogens (tertiary/aromatic N) is 1. The summed E-state index contributed by atoms with van der Waals surface area (Å²) in [6, 6.07) is 6.79. The van der Waals surface area contributed by atoms with Crippen molar-refractivity contribution >= 4 is 5.69 Å². The van der Waals surface area contributed by atoms with Crippen molar-refractivity contribution in [3.05, 3.63) is 29.3 Å². The number of nitrogens with two attached hydrogens (primary N) is 1. The normalized spacial score (nSPS) is 16.4. The molecule has 20 heavy (non-hydrogen) atoms. The molecule has 3 nitrogen and oxygen atoms in total. The number of hydrogen-bond donors (Lipinski definition) is 1. The van der Waals surface area contributed by atoms with Gasteiger partial charge in [0.25, 0.3) is 0 Å². The maximum Gasteiger partial charge on any atom is 0.0641 e. The number of aryl methyl sites for hydroxylation is 1. The Bertz CT molecular complexity index is 429. The molecule has 0 saturated heterocycles. The summed E-state index contributed by atoms with van der Waals surface area (Å²) in [5, 5.41) is 0. The summed E-state index contributed by atoms with van der Waals surface area (Å²) in [7, 11) is 0. The Labute approximate surface area is 123 Å². The largest absolute Gasteiger partial charge is 0.379 e. The van der Waals surface area contributed by atoms with Gasteiger partial charge in [-0.25, -0.2) is 0 Å². The van der Waals surface area contributed by atoms with Crippen LogP contribution >= 0.6 is 0 Å². The molecule has 0 aliphatic carbocycles. The molecule has 1 aliphatic heterocycles. The minimum Gasteiger partial charge on any atom is -0.379 e. The molecule has 2 N–H and O–H groups in total. The highest BCUT2D eigenvalue weighted by atomic mass is 16.5. The zero-order chi connectivity index (χ0) is 14.5. The third kappa shape index (κ3) is 3.97. The summed E-state index contributed by atoms with van der Waals surface area (Å²) >= 11 is 0. The van der Waals surface area contributed by atoms with Gasteiger partial charge >= 0.3 is 0 Å². The average Bonchev–Trinajstić information content (AvgIpc) is 2.42. The number of fused-ring (bicyclic) bond motifs is 1. The van der Waals surface area contributed by atoms with E-state index < -0.39 is 0 Å². The van der Waals surface area contributed by atoms with Gasteiger partial charge in [0, 0.05) is 31.4 Å². The Morgan fingerprint density at radius 2 is 2.10 bits per heavy atom. The van der Waals surface area contributed by atoms with Crippen LogP contribution in [0.5, 0.6) is 0 Å². The maximum atomic E-state index is 5.97. The number of hydrogen-bond acceptors (Lipinski definition) is 3. The van der Waals surface area contributed by atoms with E-state index in [2.05, 4.69) is 36.9 Å². The molecule has 0 amide bonds. The van der Waals surface area contributed by atoms with Gasteiger partial charge in [0.2, 0.25) is 0 Å². The Kier molecular flexibility index (Phi) is 5.44. The van der Waals surface area contributed by atoms with E-state index in [0.717, 1.165) is 26.3 Å². The average molecular weight is 276 g/mol. The van der Waals surface area contributed by atoms with Gasteiger partial charge in [-0.1, -0.05) is 26.0 Å². The van der Waals surface area contributed by atoms with E-state index in [9.17, 15) is 0 Å². The molecule has 1 aromatic rings. The molecule has 112 valence electrons. The lowest BCUT2D eigenvalue weighted by molar-refractivity contribution is 0.115. The van der Waals surface area contributed by atoms with Crippen molar-refractivity contribution in [2.24, 2.45) is 11.7 Å². The van der Waals surface area contributed by atoms with E-state index in [1.165, 1.54) is 29.7 Å². The van der Waals surface area contributed by atoms with Crippen molar-refractivity contribution in [3.8, 4) is 0 Å². The van der Waals surface area contributed by atoms with E-state index in [-0.39, 0.29) is 6.04 Å².